The lowest BCUT2D eigenvalue weighted by molar-refractivity contribution is -0.139. The minimum absolute atomic E-state index is 0.0330. The number of carboxylic acids is 1. The highest BCUT2D eigenvalue weighted by molar-refractivity contribution is 5.97. The largest absolute Gasteiger partial charge is 0.480 e. The molecule has 2 rings (SSSR count). The van der Waals surface area contributed by atoms with Crippen molar-refractivity contribution in [2.45, 2.75) is 32.2 Å². The van der Waals surface area contributed by atoms with Crippen LogP contribution < -0.4 is 5.32 Å². The van der Waals surface area contributed by atoms with E-state index in [4.69, 9.17) is 0 Å². The number of ketones is 1. The third-order valence-corrected chi connectivity index (χ3v) is 3.54. The van der Waals surface area contributed by atoms with Gasteiger partial charge in [0.05, 0.1) is 5.52 Å². The van der Waals surface area contributed by atoms with Crippen LogP contribution in [0.15, 0.2) is 36.4 Å². The molecule has 0 aliphatic carbocycles. The predicted molar refractivity (Wildman–Crippen MR) is 85.2 cm³/mol. The van der Waals surface area contributed by atoms with Crippen LogP contribution in [0.5, 0.6) is 0 Å². The van der Waals surface area contributed by atoms with E-state index in [9.17, 15) is 19.5 Å². The Kier molecular flexibility index (Phi) is 5.41. The summed E-state index contributed by atoms with van der Waals surface area (Å²) in [4.78, 5) is 39.0. The Balaban J connectivity index is 2.10. The first kappa shape index (κ1) is 16.6. The Morgan fingerprint density at radius 3 is 2.61 bits per heavy atom. The van der Waals surface area contributed by atoms with Crippen molar-refractivity contribution in [3.8, 4) is 0 Å². The maximum absolute atomic E-state index is 12.2. The summed E-state index contributed by atoms with van der Waals surface area (Å²) in [7, 11) is 0. The van der Waals surface area contributed by atoms with Crippen LogP contribution >= 0.6 is 0 Å². The molecule has 0 saturated heterocycles. The molecule has 0 aliphatic rings. The second-order valence-corrected chi connectivity index (χ2v) is 5.18. The van der Waals surface area contributed by atoms with Gasteiger partial charge in [0, 0.05) is 18.2 Å². The number of para-hydroxylation sites is 1. The zero-order valence-electron chi connectivity index (χ0n) is 12.8. The van der Waals surface area contributed by atoms with Gasteiger partial charge in [0.15, 0.2) is 0 Å². The van der Waals surface area contributed by atoms with Crippen molar-refractivity contribution in [1.82, 2.24) is 10.3 Å². The number of fused-ring (bicyclic) bond motifs is 1. The molecule has 1 aromatic heterocycles. The summed E-state index contributed by atoms with van der Waals surface area (Å²) in [6.07, 6.45) is 0.548. The number of aromatic nitrogens is 1. The Labute approximate surface area is 133 Å². The number of hydrogen-bond donors (Lipinski definition) is 2. The van der Waals surface area contributed by atoms with Crippen molar-refractivity contribution >= 4 is 28.6 Å². The lowest BCUT2D eigenvalue weighted by atomic mass is 10.1. The minimum atomic E-state index is -1.16. The van der Waals surface area contributed by atoms with E-state index in [1.54, 1.807) is 25.1 Å². The van der Waals surface area contributed by atoms with Gasteiger partial charge in [-0.15, -0.1) is 0 Å². The van der Waals surface area contributed by atoms with Crippen LogP contribution in [0.3, 0.4) is 0 Å². The summed E-state index contributed by atoms with van der Waals surface area (Å²) < 4.78 is 0. The summed E-state index contributed by atoms with van der Waals surface area (Å²) in [6.45, 7) is 1.72. The number of hydrogen-bond acceptors (Lipinski definition) is 4. The molecule has 1 amide bonds. The molecule has 0 radical (unpaired) electrons. The van der Waals surface area contributed by atoms with E-state index in [2.05, 4.69) is 10.3 Å². The van der Waals surface area contributed by atoms with Crippen molar-refractivity contribution in [3.63, 3.8) is 0 Å². The van der Waals surface area contributed by atoms with Gasteiger partial charge < -0.3 is 10.4 Å². The first-order chi connectivity index (χ1) is 11.0. The molecule has 0 spiro atoms. The van der Waals surface area contributed by atoms with Crippen molar-refractivity contribution in [2.75, 3.05) is 0 Å². The molecular weight excluding hydrogens is 296 g/mol. The molecule has 2 N–H and O–H groups in total. The smallest absolute Gasteiger partial charge is 0.326 e. The molecule has 1 aromatic carbocycles. The average molecular weight is 314 g/mol. The van der Waals surface area contributed by atoms with Gasteiger partial charge in [-0.25, -0.2) is 9.78 Å². The van der Waals surface area contributed by atoms with Crippen LogP contribution in [0.2, 0.25) is 0 Å². The lowest BCUT2D eigenvalue weighted by Gasteiger charge is -2.14. The van der Waals surface area contributed by atoms with E-state index in [1.165, 1.54) is 0 Å². The summed E-state index contributed by atoms with van der Waals surface area (Å²) in [5.41, 5.74) is 0.810. The number of nitrogens with one attached hydrogen (secondary N) is 1. The van der Waals surface area contributed by atoms with Gasteiger partial charge in [0.2, 0.25) is 0 Å². The second-order valence-electron chi connectivity index (χ2n) is 5.18. The molecule has 6 nitrogen and oxygen atoms in total. The monoisotopic (exact) mass is 314 g/mol. The molecule has 0 unspecified atom stereocenters. The second kappa shape index (κ2) is 7.49. The van der Waals surface area contributed by atoms with Crippen molar-refractivity contribution in [1.29, 1.82) is 0 Å². The lowest BCUT2D eigenvalue weighted by Crippen LogP contribution is -2.41. The molecule has 0 fully saturated rings. The maximum atomic E-state index is 12.2. The maximum Gasteiger partial charge on any atom is 0.326 e. The standard InChI is InChI=1S/C17H18N2O4/c1-2-12(20)8-10-15(17(22)23)19-16(21)14-9-7-11-5-3-4-6-13(11)18-14/h3-7,9,15H,2,8,10H2,1H3,(H,19,21)(H,22,23)/t15-/m0/s1. The van der Waals surface area contributed by atoms with E-state index in [0.717, 1.165) is 5.39 Å². The molecule has 6 heteroatoms. The van der Waals surface area contributed by atoms with E-state index < -0.39 is 17.9 Å². The Bertz CT molecular complexity index is 742. The number of carboxylic acid groups (broad SMARTS) is 1. The number of carbonyl (C=O) groups excluding carboxylic acids is 2. The number of nitrogens with zero attached hydrogens (tertiary/aromatic N) is 1. The number of benzene rings is 1. The van der Waals surface area contributed by atoms with E-state index in [-0.39, 0.29) is 24.3 Å². The third-order valence-electron chi connectivity index (χ3n) is 3.54. The van der Waals surface area contributed by atoms with Crippen LogP contribution in [0.1, 0.15) is 36.7 Å². The van der Waals surface area contributed by atoms with Gasteiger partial charge in [-0.3, -0.25) is 9.59 Å². The number of pyridine rings is 1. The molecule has 2 aromatic rings. The first-order valence-corrected chi connectivity index (χ1v) is 7.42. The highest BCUT2D eigenvalue weighted by Gasteiger charge is 2.22. The van der Waals surface area contributed by atoms with Crippen LogP contribution in [0.25, 0.3) is 10.9 Å². The zero-order valence-corrected chi connectivity index (χ0v) is 12.8. The topological polar surface area (TPSA) is 96.4 Å². The van der Waals surface area contributed by atoms with Gasteiger partial charge in [0.1, 0.15) is 17.5 Å². The van der Waals surface area contributed by atoms with Gasteiger partial charge in [-0.1, -0.05) is 31.2 Å². The average Bonchev–Trinajstić information content (AvgIpc) is 2.57. The van der Waals surface area contributed by atoms with E-state index >= 15 is 0 Å². The van der Waals surface area contributed by atoms with Gasteiger partial charge in [-0.05, 0) is 18.6 Å². The highest BCUT2D eigenvalue weighted by Crippen LogP contribution is 2.12. The van der Waals surface area contributed by atoms with Crippen molar-refractivity contribution in [3.05, 3.63) is 42.1 Å². The molecule has 120 valence electrons. The number of Topliss-reactive ketones (excluding diaryl/α,β-unsaturated/α-hetero) is 1. The zero-order chi connectivity index (χ0) is 16.8. The molecular formula is C17H18N2O4. The van der Waals surface area contributed by atoms with Gasteiger partial charge in [-0.2, -0.15) is 0 Å². The predicted octanol–water partition coefficient (Wildman–Crippen LogP) is 2.18. The van der Waals surface area contributed by atoms with Gasteiger partial charge >= 0.3 is 5.97 Å². The van der Waals surface area contributed by atoms with Gasteiger partial charge in [0.25, 0.3) is 5.91 Å². The third kappa shape index (κ3) is 4.35. The van der Waals surface area contributed by atoms with Crippen molar-refractivity contribution < 1.29 is 19.5 Å². The highest BCUT2D eigenvalue weighted by atomic mass is 16.4. The fourth-order valence-electron chi connectivity index (χ4n) is 2.16. The molecule has 0 bridgehead atoms. The molecule has 0 aliphatic heterocycles. The van der Waals surface area contributed by atoms with Crippen LogP contribution in [0.4, 0.5) is 0 Å². The summed E-state index contributed by atoms with van der Waals surface area (Å²) in [5, 5.41) is 12.5. The molecule has 1 atom stereocenters. The molecule has 0 saturated carbocycles. The molecule has 1 heterocycles. The number of amides is 1. The number of rotatable bonds is 7. The summed E-state index contributed by atoms with van der Waals surface area (Å²) in [5.74, 6) is -1.76. The quantitative estimate of drug-likeness (QED) is 0.816. The van der Waals surface area contributed by atoms with E-state index in [1.807, 2.05) is 18.2 Å². The van der Waals surface area contributed by atoms with Crippen LogP contribution in [-0.4, -0.2) is 33.8 Å². The Hall–Kier alpha value is -2.76. The Morgan fingerprint density at radius 2 is 1.91 bits per heavy atom. The van der Waals surface area contributed by atoms with Crippen LogP contribution in [0, 0.1) is 0 Å². The number of aliphatic carboxylic acids is 1. The van der Waals surface area contributed by atoms with Crippen LogP contribution in [-0.2, 0) is 9.59 Å². The summed E-state index contributed by atoms with van der Waals surface area (Å²) >= 11 is 0. The fourth-order valence-corrected chi connectivity index (χ4v) is 2.16. The number of carbonyl (C=O) groups is 3. The fraction of sp³-hybridized carbons (Fsp3) is 0.294. The SMILES string of the molecule is CCC(=O)CC[C@H](NC(=O)c1ccc2ccccc2n1)C(=O)O. The minimum Gasteiger partial charge on any atom is -0.480 e. The molecule has 23 heavy (non-hydrogen) atoms. The van der Waals surface area contributed by atoms with Crippen molar-refractivity contribution in [2.24, 2.45) is 0 Å². The first-order valence-electron chi connectivity index (χ1n) is 7.42. The summed E-state index contributed by atoms with van der Waals surface area (Å²) in [6, 6.07) is 9.54. The normalized spacial score (nSPS) is 11.9. The van der Waals surface area contributed by atoms with E-state index in [0.29, 0.717) is 11.9 Å². The Morgan fingerprint density at radius 1 is 1.17 bits per heavy atom.